The van der Waals surface area contributed by atoms with Crippen LogP contribution in [0, 0.1) is 0 Å². The maximum atomic E-state index is 12.0. The fourth-order valence-corrected chi connectivity index (χ4v) is 3.88. The smallest absolute Gasteiger partial charge is 0.243 e. The number of guanidine groups is 1. The van der Waals surface area contributed by atoms with Gasteiger partial charge in [0.25, 0.3) is 0 Å². The molecular weight excluding hydrogens is 400 g/mol. The summed E-state index contributed by atoms with van der Waals surface area (Å²) in [6.45, 7) is 4.19. The van der Waals surface area contributed by atoms with E-state index in [1.807, 2.05) is 17.8 Å². The number of methoxy groups -OCH3 is 1. The van der Waals surface area contributed by atoms with Crippen LogP contribution in [-0.2, 0) is 14.3 Å². The largest absolute Gasteiger partial charge is 0.385 e. The molecule has 2 rings (SSSR count). The molecule has 1 aromatic carbocycles. The number of aliphatic imine (C=N–C) groups is 1. The lowest BCUT2D eigenvalue weighted by atomic mass is 10.1. The van der Waals surface area contributed by atoms with E-state index in [9.17, 15) is 4.79 Å². The molecule has 0 radical (unpaired) electrons. The second-order valence-electron chi connectivity index (χ2n) is 7.42. The lowest BCUT2D eigenvalue weighted by Gasteiger charge is -2.34. The van der Waals surface area contributed by atoms with Crippen molar-refractivity contribution in [2.75, 3.05) is 66.4 Å². The Bertz CT molecular complexity index is 635. The van der Waals surface area contributed by atoms with Crippen LogP contribution in [0.5, 0.6) is 0 Å². The Balaban J connectivity index is 1.82. The van der Waals surface area contributed by atoms with Crippen molar-refractivity contribution in [1.29, 1.82) is 0 Å². The Hall–Kier alpha value is -1.77. The summed E-state index contributed by atoms with van der Waals surface area (Å²) in [7, 11) is 5.23. The van der Waals surface area contributed by atoms with Gasteiger partial charge in [0.15, 0.2) is 5.96 Å². The van der Waals surface area contributed by atoms with Crippen molar-refractivity contribution in [2.45, 2.75) is 30.3 Å². The standard InChI is InChI=1S/C22H36N4O3S/c1-25(2)21(27)18-24-22(23-12-17-30-20-8-5-4-6-9-20)26-13-10-19(11-14-26)29-16-7-15-28-3/h4-6,8-9,19H,7,10-18H2,1-3H3,(H,23,24). The first kappa shape index (κ1) is 24.5. The first-order chi connectivity index (χ1) is 14.6. The fourth-order valence-electron chi connectivity index (χ4n) is 3.09. The maximum absolute atomic E-state index is 12.0. The predicted molar refractivity (Wildman–Crippen MR) is 123 cm³/mol. The molecule has 7 nitrogen and oxygen atoms in total. The van der Waals surface area contributed by atoms with Gasteiger partial charge in [-0.2, -0.15) is 0 Å². The van der Waals surface area contributed by atoms with E-state index in [0.29, 0.717) is 0 Å². The molecule has 0 bridgehead atoms. The molecule has 0 saturated carbocycles. The number of ether oxygens (including phenoxy) is 2. The zero-order valence-corrected chi connectivity index (χ0v) is 19.3. The molecule has 0 spiro atoms. The third kappa shape index (κ3) is 9.36. The average molecular weight is 437 g/mol. The second kappa shape index (κ2) is 14.3. The van der Waals surface area contributed by atoms with Crippen LogP contribution in [0.4, 0.5) is 0 Å². The molecule has 1 aliphatic rings. The van der Waals surface area contributed by atoms with Crippen LogP contribution in [0.2, 0.25) is 0 Å². The minimum absolute atomic E-state index is 0.00400. The van der Waals surface area contributed by atoms with E-state index in [-0.39, 0.29) is 18.6 Å². The van der Waals surface area contributed by atoms with E-state index in [1.54, 1.807) is 26.1 Å². The summed E-state index contributed by atoms with van der Waals surface area (Å²) in [5.41, 5.74) is 0. The number of piperidine rings is 1. The number of carbonyl (C=O) groups excluding carboxylic acids is 1. The van der Waals surface area contributed by atoms with E-state index in [2.05, 4.69) is 39.5 Å². The van der Waals surface area contributed by atoms with Gasteiger partial charge >= 0.3 is 0 Å². The number of likely N-dealkylation sites (N-methyl/N-ethyl adjacent to an activating group) is 1. The van der Waals surface area contributed by atoms with Gasteiger partial charge in [-0.05, 0) is 31.4 Å². The Morgan fingerprint density at radius 2 is 1.97 bits per heavy atom. The SMILES string of the molecule is COCCCOC1CCN(C(=NCC(=O)N(C)C)NCCSc2ccccc2)CC1. The predicted octanol–water partition coefficient (Wildman–Crippen LogP) is 2.33. The molecule has 0 aliphatic carbocycles. The van der Waals surface area contributed by atoms with Crippen LogP contribution in [-0.4, -0.2) is 94.1 Å². The second-order valence-corrected chi connectivity index (χ2v) is 8.59. The first-order valence-electron chi connectivity index (χ1n) is 10.6. The Morgan fingerprint density at radius 1 is 1.23 bits per heavy atom. The van der Waals surface area contributed by atoms with Crippen molar-refractivity contribution < 1.29 is 14.3 Å². The van der Waals surface area contributed by atoms with Gasteiger partial charge in [0.05, 0.1) is 6.10 Å². The van der Waals surface area contributed by atoms with E-state index < -0.39 is 0 Å². The van der Waals surface area contributed by atoms with Crippen LogP contribution in [0.25, 0.3) is 0 Å². The summed E-state index contributed by atoms with van der Waals surface area (Å²) in [4.78, 5) is 21.7. The van der Waals surface area contributed by atoms with E-state index in [0.717, 1.165) is 63.8 Å². The number of thioether (sulfide) groups is 1. The summed E-state index contributed by atoms with van der Waals surface area (Å²) in [6, 6.07) is 10.4. The summed E-state index contributed by atoms with van der Waals surface area (Å²) in [5, 5.41) is 3.46. The fraction of sp³-hybridized carbons (Fsp3) is 0.636. The molecule has 0 aromatic heterocycles. The normalized spacial score (nSPS) is 15.3. The van der Waals surface area contributed by atoms with Gasteiger partial charge < -0.3 is 24.6 Å². The lowest BCUT2D eigenvalue weighted by molar-refractivity contribution is -0.127. The lowest BCUT2D eigenvalue weighted by Crippen LogP contribution is -2.48. The zero-order valence-electron chi connectivity index (χ0n) is 18.5. The van der Waals surface area contributed by atoms with Crippen molar-refractivity contribution in [3.8, 4) is 0 Å². The van der Waals surface area contributed by atoms with Crippen LogP contribution in [0.3, 0.4) is 0 Å². The number of benzene rings is 1. The van der Waals surface area contributed by atoms with Gasteiger partial charge in [0, 0.05) is 64.7 Å². The summed E-state index contributed by atoms with van der Waals surface area (Å²) >= 11 is 1.81. The summed E-state index contributed by atoms with van der Waals surface area (Å²) < 4.78 is 11.0. The summed E-state index contributed by atoms with van der Waals surface area (Å²) in [5.74, 6) is 1.75. The van der Waals surface area contributed by atoms with Crippen molar-refractivity contribution in [1.82, 2.24) is 15.1 Å². The van der Waals surface area contributed by atoms with Crippen LogP contribution < -0.4 is 5.32 Å². The Morgan fingerprint density at radius 3 is 2.63 bits per heavy atom. The average Bonchev–Trinajstić information content (AvgIpc) is 2.77. The summed E-state index contributed by atoms with van der Waals surface area (Å²) in [6.07, 6.45) is 3.15. The number of rotatable bonds is 11. The van der Waals surface area contributed by atoms with Gasteiger partial charge in [-0.15, -0.1) is 11.8 Å². The highest BCUT2D eigenvalue weighted by molar-refractivity contribution is 7.99. The van der Waals surface area contributed by atoms with Gasteiger partial charge in [-0.3, -0.25) is 4.79 Å². The van der Waals surface area contributed by atoms with Crippen molar-refractivity contribution in [3.63, 3.8) is 0 Å². The van der Waals surface area contributed by atoms with Crippen molar-refractivity contribution in [3.05, 3.63) is 30.3 Å². The number of amides is 1. The molecule has 1 saturated heterocycles. The van der Waals surface area contributed by atoms with Crippen LogP contribution in [0.15, 0.2) is 40.2 Å². The highest BCUT2D eigenvalue weighted by Gasteiger charge is 2.22. The van der Waals surface area contributed by atoms with Gasteiger partial charge in [0.1, 0.15) is 6.54 Å². The van der Waals surface area contributed by atoms with Crippen LogP contribution >= 0.6 is 11.8 Å². The maximum Gasteiger partial charge on any atom is 0.243 e. The number of nitrogens with one attached hydrogen (secondary N) is 1. The first-order valence-corrected chi connectivity index (χ1v) is 11.6. The third-order valence-corrected chi connectivity index (χ3v) is 5.86. The molecule has 1 N–H and O–H groups in total. The highest BCUT2D eigenvalue weighted by Crippen LogP contribution is 2.17. The molecule has 168 valence electrons. The molecule has 1 aliphatic heterocycles. The monoisotopic (exact) mass is 436 g/mol. The Labute approximate surface area is 185 Å². The minimum Gasteiger partial charge on any atom is -0.385 e. The zero-order chi connectivity index (χ0) is 21.6. The van der Waals surface area contributed by atoms with Crippen molar-refractivity contribution >= 4 is 23.6 Å². The third-order valence-electron chi connectivity index (χ3n) is 4.85. The minimum atomic E-state index is 0.00400. The number of nitrogens with zero attached hydrogens (tertiary/aromatic N) is 3. The molecule has 0 atom stereocenters. The molecule has 1 heterocycles. The molecule has 30 heavy (non-hydrogen) atoms. The number of likely N-dealkylation sites (tertiary alicyclic amines) is 1. The number of hydrogen-bond acceptors (Lipinski definition) is 5. The topological polar surface area (TPSA) is 66.4 Å². The molecule has 0 unspecified atom stereocenters. The quantitative estimate of drug-likeness (QED) is 0.249. The van der Waals surface area contributed by atoms with Crippen molar-refractivity contribution in [2.24, 2.45) is 4.99 Å². The number of hydrogen-bond donors (Lipinski definition) is 1. The molecule has 1 amide bonds. The Kier molecular flexibility index (Phi) is 11.7. The highest BCUT2D eigenvalue weighted by atomic mass is 32.2. The van der Waals surface area contributed by atoms with E-state index >= 15 is 0 Å². The number of carbonyl (C=O) groups is 1. The molecule has 8 heteroatoms. The van der Waals surface area contributed by atoms with E-state index in [1.165, 1.54) is 4.90 Å². The van der Waals surface area contributed by atoms with Gasteiger partial charge in [-0.1, -0.05) is 18.2 Å². The molecular formula is C22H36N4O3S. The van der Waals surface area contributed by atoms with E-state index in [4.69, 9.17) is 9.47 Å². The molecule has 1 fully saturated rings. The van der Waals surface area contributed by atoms with Gasteiger partial charge in [0.2, 0.25) is 5.91 Å². The van der Waals surface area contributed by atoms with Gasteiger partial charge in [-0.25, -0.2) is 4.99 Å². The van der Waals surface area contributed by atoms with Crippen LogP contribution in [0.1, 0.15) is 19.3 Å². The molecule has 1 aromatic rings.